The van der Waals surface area contributed by atoms with Gasteiger partial charge in [0.2, 0.25) is 0 Å². The molecular weight excluding hydrogens is 314 g/mol. The van der Waals surface area contributed by atoms with Crippen LogP contribution in [0.5, 0.6) is 0 Å². The average molecular weight is 331 g/mol. The first-order valence-corrected chi connectivity index (χ1v) is 7.68. The molecule has 3 nitrogen and oxygen atoms in total. The lowest BCUT2D eigenvalue weighted by molar-refractivity contribution is 0.316. The molecule has 2 heterocycles. The minimum atomic E-state index is 0.660. The standard InChI is InChI=1S/C13H17BrClN3/c14-12-5-10(15)7-17-13(12)16-6-9-3-4-18(8-9)11-1-2-11/h5,7,9,11H,1-4,6,8H2,(H,16,17). The van der Waals surface area contributed by atoms with E-state index in [1.54, 1.807) is 6.20 Å². The van der Waals surface area contributed by atoms with E-state index in [0.29, 0.717) is 5.02 Å². The molecule has 1 aliphatic heterocycles. The lowest BCUT2D eigenvalue weighted by atomic mass is 10.1. The molecule has 1 N–H and O–H groups in total. The monoisotopic (exact) mass is 329 g/mol. The quantitative estimate of drug-likeness (QED) is 0.917. The first kappa shape index (κ1) is 12.7. The van der Waals surface area contributed by atoms with Gasteiger partial charge in [-0.25, -0.2) is 4.98 Å². The Bertz CT molecular complexity index is 436. The maximum absolute atomic E-state index is 5.88. The molecule has 0 amide bonds. The minimum Gasteiger partial charge on any atom is -0.369 e. The molecule has 98 valence electrons. The maximum Gasteiger partial charge on any atom is 0.140 e. The molecule has 1 saturated carbocycles. The van der Waals surface area contributed by atoms with Crippen LogP contribution in [-0.4, -0.2) is 35.6 Å². The summed E-state index contributed by atoms with van der Waals surface area (Å²) in [4.78, 5) is 6.94. The van der Waals surface area contributed by atoms with Crippen molar-refractivity contribution in [1.29, 1.82) is 0 Å². The van der Waals surface area contributed by atoms with Crippen molar-refractivity contribution >= 4 is 33.3 Å². The number of nitrogens with zero attached hydrogens (tertiary/aromatic N) is 2. The molecule has 1 aromatic heterocycles. The lowest BCUT2D eigenvalue weighted by Gasteiger charge is -2.15. The highest BCUT2D eigenvalue weighted by atomic mass is 79.9. The first-order valence-electron chi connectivity index (χ1n) is 6.51. The molecule has 2 fully saturated rings. The molecule has 1 aliphatic carbocycles. The topological polar surface area (TPSA) is 28.2 Å². The van der Waals surface area contributed by atoms with Crippen LogP contribution in [-0.2, 0) is 0 Å². The van der Waals surface area contributed by atoms with Gasteiger partial charge in [-0.15, -0.1) is 0 Å². The van der Waals surface area contributed by atoms with Gasteiger partial charge in [-0.05, 0) is 53.7 Å². The summed E-state index contributed by atoms with van der Waals surface area (Å²) in [5, 5.41) is 4.08. The Kier molecular flexibility index (Phi) is 3.78. The van der Waals surface area contributed by atoms with E-state index in [0.717, 1.165) is 28.8 Å². The van der Waals surface area contributed by atoms with E-state index in [1.165, 1.54) is 32.4 Å². The smallest absolute Gasteiger partial charge is 0.140 e. The van der Waals surface area contributed by atoms with Gasteiger partial charge >= 0.3 is 0 Å². The van der Waals surface area contributed by atoms with Crippen molar-refractivity contribution in [2.45, 2.75) is 25.3 Å². The molecule has 3 rings (SSSR count). The Balaban J connectivity index is 1.51. The van der Waals surface area contributed by atoms with Gasteiger partial charge in [-0.2, -0.15) is 0 Å². The zero-order chi connectivity index (χ0) is 12.5. The van der Waals surface area contributed by atoms with E-state index in [-0.39, 0.29) is 0 Å². The fraction of sp³-hybridized carbons (Fsp3) is 0.615. The minimum absolute atomic E-state index is 0.660. The molecule has 1 unspecified atom stereocenters. The second-order valence-electron chi connectivity index (χ2n) is 5.25. The average Bonchev–Trinajstić information content (AvgIpc) is 3.08. The Morgan fingerprint density at radius 2 is 2.28 bits per heavy atom. The zero-order valence-electron chi connectivity index (χ0n) is 10.2. The Morgan fingerprint density at radius 3 is 3.00 bits per heavy atom. The fourth-order valence-corrected chi connectivity index (χ4v) is 3.37. The van der Waals surface area contributed by atoms with E-state index < -0.39 is 0 Å². The number of anilines is 1. The van der Waals surface area contributed by atoms with Crippen LogP contribution in [0.3, 0.4) is 0 Å². The number of aromatic nitrogens is 1. The van der Waals surface area contributed by atoms with Crippen LogP contribution in [0, 0.1) is 5.92 Å². The molecule has 5 heteroatoms. The summed E-state index contributed by atoms with van der Waals surface area (Å²) < 4.78 is 0.937. The van der Waals surface area contributed by atoms with Crippen molar-refractivity contribution in [3.05, 3.63) is 21.8 Å². The number of hydrogen-bond acceptors (Lipinski definition) is 3. The van der Waals surface area contributed by atoms with E-state index in [4.69, 9.17) is 11.6 Å². The van der Waals surface area contributed by atoms with E-state index in [2.05, 4.69) is 31.1 Å². The number of pyridine rings is 1. The molecule has 0 aromatic carbocycles. The number of halogens is 2. The SMILES string of the molecule is Clc1cnc(NCC2CCN(C3CC3)C2)c(Br)c1. The maximum atomic E-state index is 5.88. The molecule has 1 aromatic rings. The summed E-state index contributed by atoms with van der Waals surface area (Å²) in [5.74, 6) is 1.64. The number of hydrogen-bond donors (Lipinski definition) is 1. The normalized spacial score (nSPS) is 24.4. The van der Waals surface area contributed by atoms with Crippen LogP contribution in [0.25, 0.3) is 0 Å². The highest BCUT2D eigenvalue weighted by Crippen LogP contribution is 2.32. The van der Waals surface area contributed by atoms with Gasteiger partial charge in [0, 0.05) is 25.3 Å². The van der Waals surface area contributed by atoms with Crippen LogP contribution in [0.2, 0.25) is 5.02 Å². The van der Waals surface area contributed by atoms with Gasteiger partial charge in [-0.1, -0.05) is 11.6 Å². The van der Waals surface area contributed by atoms with Gasteiger partial charge in [-0.3, -0.25) is 0 Å². The van der Waals surface area contributed by atoms with Gasteiger partial charge < -0.3 is 10.2 Å². The molecule has 2 aliphatic rings. The predicted octanol–water partition coefficient (Wildman–Crippen LogP) is 3.39. The largest absolute Gasteiger partial charge is 0.369 e. The second kappa shape index (κ2) is 5.35. The third kappa shape index (κ3) is 2.98. The number of nitrogens with one attached hydrogen (secondary N) is 1. The Hall–Kier alpha value is -0.320. The van der Waals surface area contributed by atoms with Crippen molar-refractivity contribution in [2.75, 3.05) is 25.0 Å². The van der Waals surface area contributed by atoms with Crippen molar-refractivity contribution in [1.82, 2.24) is 9.88 Å². The summed E-state index contributed by atoms with van der Waals surface area (Å²) in [6.07, 6.45) is 5.80. The molecule has 1 atom stereocenters. The molecule has 0 bridgehead atoms. The molecule has 18 heavy (non-hydrogen) atoms. The molecule has 0 radical (unpaired) electrons. The highest BCUT2D eigenvalue weighted by Gasteiger charge is 2.34. The summed E-state index contributed by atoms with van der Waals surface area (Å²) in [5.41, 5.74) is 0. The van der Waals surface area contributed by atoms with Crippen molar-refractivity contribution < 1.29 is 0 Å². The predicted molar refractivity (Wildman–Crippen MR) is 78.1 cm³/mol. The van der Waals surface area contributed by atoms with E-state index >= 15 is 0 Å². The summed E-state index contributed by atoms with van der Waals surface area (Å²) in [6.45, 7) is 3.51. The van der Waals surface area contributed by atoms with Gasteiger partial charge in [0.05, 0.1) is 9.50 Å². The summed E-state index contributed by atoms with van der Waals surface area (Å²) >= 11 is 9.36. The van der Waals surface area contributed by atoms with Gasteiger partial charge in [0.25, 0.3) is 0 Å². The Labute approximate surface area is 121 Å². The van der Waals surface area contributed by atoms with Gasteiger partial charge in [0.1, 0.15) is 5.82 Å². The van der Waals surface area contributed by atoms with Crippen molar-refractivity contribution in [2.24, 2.45) is 5.92 Å². The lowest BCUT2D eigenvalue weighted by Crippen LogP contribution is -2.25. The van der Waals surface area contributed by atoms with Crippen LogP contribution < -0.4 is 5.32 Å². The third-order valence-corrected chi connectivity index (χ3v) is 4.56. The highest BCUT2D eigenvalue weighted by molar-refractivity contribution is 9.10. The second-order valence-corrected chi connectivity index (χ2v) is 6.54. The van der Waals surface area contributed by atoms with Crippen molar-refractivity contribution in [3.63, 3.8) is 0 Å². The van der Waals surface area contributed by atoms with Crippen LogP contribution in [0.15, 0.2) is 16.7 Å². The molecule has 1 saturated heterocycles. The molecular formula is C13H17BrClN3. The zero-order valence-corrected chi connectivity index (χ0v) is 12.5. The Morgan fingerprint density at radius 1 is 1.44 bits per heavy atom. The van der Waals surface area contributed by atoms with E-state index in [1.807, 2.05) is 6.07 Å². The van der Waals surface area contributed by atoms with Crippen LogP contribution in [0.1, 0.15) is 19.3 Å². The van der Waals surface area contributed by atoms with Crippen LogP contribution in [0.4, 0.5) is 5.82 Å². The summed E-state index contributed by atoms with van der Waals surface area (Å²) in [7, 11) is 0. The number of rotatable bonds is 4. The van der Waals surface area contributed by atoms with E-state index in [9.17, 15) is 0 Å². The first-order chi connectivity index (χ1) is 8.72. The van der Waals surface area contributed by atoms with Gasteiger partial charge in [0.15, 0.2) is 0 Å². The van der Waals surface area contributed by atoms with Crippen molar-refractivity contribution in [3.8, 4) is 0 Å². The van der Waals surface area contributed by atoms with Crippen LogP contribution >= 0.6 is 27.5 Å². The summed E-state index contributed by atoms with van der Waals surface area (Å²) in [6, 6.07) is 2.78. The fourth-order valence-electron chi connectivity index (χ4n) is 2.59. The molecule has 0 spiro atoms. The third-order valence-electron chi connectivity index (χ3n) is 3.75. The number of likely N-dealkylation sites (tertiary alicyclic amines) is 1.